The Morgan fingerprint density at radius 1 is 1.07 bits per heavy atom. The van der Waals surface area contributed by atoms with Crippen molar-refractivity contribution in [3.8, 4) is 0 Å². The van der Waals surface area contributed by atoms with Crippen LogP contribution in [0.5, 0.6) is 0 Å². The third-order valence-corrected chi connectivity index (χ3v) is 3.37. The second-order valence-corrected chi connectivity index (χ2v) is 4.21. The van der Waals surface area contributed by atoms with Crippen molar-refractivity contribution in [2.75, 3.05) is 4.90 Å². The van der Waals surface area contributed by atoms with E-state index < -0.39 is 0 Å². The molecule has 2 aliphatic heterocycles. The first-order valence-electron chi connectivity index (χ1n) is 5.45. The van der Waals surface area contributed by atoms with Gasteiger partial charge in [0.2, 0.25) is 0 Å². The van der Waals surface area contributed by atoms with Crippen molar-refractivity contribution in [3.63, 3.8) is 0 Å². The minimum Gasteiger partial charge on any atom is -0.362 e. The van der Waals surface area contributed by atoms with E-state index >= 15 is 0 Å². The first kappa shape index (κ1) is 8.10. The van der Waals surface area contributed by atoms with Crippen LogP contribution < -0.4 is 4.90 Å². The molecule has 0 amide bonds. The van der Waals surface area contributed by atoms with Gasteiger partial charge in [0, 0.05) is 17.8 Å². The summed E-state index contributed by atoms with van der Waals surface area (Å²) in [5, 5.41) is 0. The SMILES string of the molecule is C1=CC2CCC(C1)N2c1ccccc1. The van der Waals surface area contributed by atoms with Crippen molar-refractivity contribution in [2.45, 2.75) is 31.3 Å². The molecule has 2 aliphatic rings. The van der Waals surface area contributed by atoms with Crippen LogP contribution in [0.1, 0.15) is 19.3 Å². The van der Waals surface area contributed by atoms with Gasteiger partial charge in [0.1, 0.15) is 0 Å². The summed E-state index contributed by atoms with van der Waals surface area (Å²) in [6.45, 7) is 0. The fourth-order valence-corrected chi connectivity index (χ4v) is 2.73. The topological polar surface area (TPSA) is 3.24 Å². The van der Waals surface area contributed by atoms with Gasteiger partial charge in [-0.25, -0.2) is 0 Å². The van der Waals surface area contributed by atoms with E-state index in [1.807, 2.05) is 0 Å². The van der Waals surface area contributed by atoms with Crippen LogP contribution in [0.2, 0.25) is 0 Å². The Labute approximate surface area is 85.0 Å². The molecule has 72 valence electrons. The molecule has 2 bridgehead atoms. The predicted molar refractivity (Wildman–Crippen MR) is 59.5 cm³/mol. The molecule has 1 saturated heterocycles. The van der Waals surface area contributed by atoms with Gasteiger partial charge in [-0.3, -0.25) is 0 Å². The quantitative estimate of drug-likeness (QED) is 0.608. The summed E-state index contributed by atoms with van der Waals surface area (Å²) in [5.74, 6) is 0. The Bertz CT molecular complexity index is 342. The van der Waals surface area contributed by atoms with Crippen LogP contribution in [0.15, 0.2) is 42.5 Å². The monoisotopic (exact) mass is 185 g/mol. The summed E-state index contributed by atoms with van der Waals surface area (Å²) >= 11 is 0. The maximum absolute atomic E-state index is 2.58. The highest BCUT2D eigenvalue weighted by atomic mass is 15.2. The summed E-state index contributed by atoms with van der Waals surface area (Å²) in [7, 11) is 0. The highest BCUT2D eigenvalue weighted by Gasteiger charge is 2.33. The number of hydrogen-bond donors (Lipinski definition) is 0. The zero-order valence-corrected chi connectivity index (χ0v) is 8.26. The molecule has 14 heavy (non-hydrogen) atoms. The average molecular weight is 185 g/mol. The van der Waals surface area contributed by atoms with Crippen molar-refractivity contribution in [2.24, 2.45) is 0 Å². The number of para-hydroxylation sites is 1. The van der Waals surface area contributed by atoms with Crippen molar-refractivity contribution in [1.29, 1.82) is 0 Å². The Hall–Kier alpha value is -1.24. The molecule has 0 spiro atoms. The van der Waals surface area contributed by atoms with Crippen LogP contribution in [0.4, 0.5) is 5.69 Å². The van der Waals surface area contributed by atoms with Crippen molar-refractivity contribution in [3.05, 3.63) is 42.5 Å². The van der Waals surface area contributed by atoms with Crippen LogP contribution in [0.3, 0.4) is 0 Å². The minimum atomic E-state index is 0.663. The summed E-state index contributed by atoms with van der Waals surface area (Å²) in [4.78, 5) is 2.58. The van der Waals surface area contributed by atoms with Gasteiger partial charge in [-0.2, -0.15) is 0 Å². The second-order valence-electron chi connectivity index (χ2n) is 4.21. The van der Waals surface area contributed by atoms with Gasteiger partial charge in [0.25, 0.3) is 0 Å². The molecule has 0 aliphatic carbocycles. The maximum Gasteiger partial charge on any atom is 0.0477 e. The van der Waals surface area contributed by atoms with E-state index in [-0.39, 0.29) is 0 Å². The third kappa shape index (κ3) is 1.16. The predicted octanol–water partition coefficient (Wildman–Crippen LogP) is 2.98. The highest BCUT2D eigenvalue weighted by molar-refractivity contribution is 5.51. The molecule has 1 heteroatoms. The lowest BCUT2D eigenvalue weighted by molar-refractivity contribution is 0.649. The van der Waals surface area contributed by atoms with Crippen LogP contribution in [-0.2, 0) is 0 Å². The number of hydrogen-bond acceptors (Lipinski definition) is 1. The van der Waals surface area contributed by atoms with Crippen molar-refractivity contribution >= 4 is 5.69 Å². The smallest absolute Gasteiger partial charge is 0.0477 e. The zero-order chi connectivity index (χ0) is 9.38. The van der Waals surface area contributed by atoms with Gasteiger partial charge in [-0.1, -0.05) is 30.4 Å². The van der Waals surface area contributed by atoms with Gasteiger partial charge in [0.05, 0.1) is 0 Å². The van der Waals surface area contributed by atoms with E-state index in [2.05, 4.69) is 47.4 Å². The molecule has 1 aromatic rings. The minimum absolute atomic E-state index is 0.663. The molecule has 0 N–H and O–H groups in total. The Morgan fingerprint density at radius 2 is 1.93 bits per heavy atom. The summed E-state index contributed by atoms with van der Waals surface area (Å²) < 4.78 is 0. The van der Waals surface area contributed by atoms with Gasteiger partial charge in [-0.15, -0.1) is 0 Å². The molecule has 3 rings (SSSR count). The Kier molecular flexibility index (Phi) is 1.83. The lowest BCUT2D eigenvalue weighted by atomic mass is 10.1. The van der Waals surface area contributed by atoms with E-state index in [4.69, 9.17) is 0 Å². The molecule has 2 atom stereocenters. The van der Waals surface area contributed by atoms with Gasteiger partial charge < -0.3 is 4.90 Å². The number of benzene rings is 1. The lowest BCUT2D eigenvalue weighted by Crippen LogP contribution is -2.37. The number of anilines is 1. The fraction of sp³-hybridized carbons (Fsp3) is 0.385. The first-order chi connectivity index (χ1) is 6.95. The molecule has 1 aromatic carbocycles. The van der Waals surface area contributed by atoms with E-state index in [0.717, 1.165) is 6.04 Å². The third-order valence-electron chi connectivity index (χ3n) is 3.37. The molecule has 2 unspecified atom stereocenters. The van der Waals surface area contributed by atoms with E-state index in [1.165, 1.54) is 24.9 Å². The molecule has 0 radical (unpaired) electrons. The standard InChI is InChI=1S/C13H15N/c1-2-5-11(6-3-1)14-12-7-4-8-13(14)10-9-12/h1-7,12-13H,8-10H2. The fourth-order valence-electron chi connectivity index (χ4n) is 2.73. The van der Waals surface area contributed by atoms with Crippen molar-refractivity contribution < 1.29 is 0 Å². The number of rotatable bonds is 1. The van der Waals surface area contributed by atoms with E-state index in [9.17, 15) is 0 Å². The van der Waals surface area contributed by atoms with Crippen LogP contribution in [0.25, 0.3) is 0 Å². The highest BCUT2D eigenvalue weighted by Crippen LogP contribution is 2.35. The first-order valence-corrected chi connectivity index (χ1v) is 5.45. The van der Waals surface area contributed by atoms with Crippen molar-refractivity contribution in [1.82, 2.24) is 0 Å². The van der Waals surface area contributed by atoms with Gasteiger partial charge in [0.15, 0.2) is 0 Å². The summed E-state index contributed by atoms with van der Waals surface area (Å²) in [6.07, 6.45) is 8.63. The Balaban J connectivity index is 1.96. The molecule has 1 nitrogen and oxygen atoms in total. The average Bonchev–Trinajstić information content (AvgIpc) is 2.50. The van der Waals surface area contributed by atoms with Gasteiger partial charge in [-0.05, 0) is 31.4 Å². The molecular weight excluding hydrogens is 170 g/mol. The number of fused-ring (bicyclic) bond motifs is 2. The Morgan fingerprint density at radius 3 is 2.71 bits per heavy atom. The van der Waals surface area contributed by atoms with Crippen LogP contribution >= 0.6 is 0 Å². The summed E-state index contributed by atoms with van der Waals surface area (Å²) in [6, 6.07) is 12.2. The van der Waals surface area contributed by atoms with Crippen LogP contribution in [-0.4, -0.2) is 12.1 Å². The van der Waals surface area contributed by atoms with E-state index in [1.54, 1.807) is 0 Å². The maximum atomic E-state index is 2.58. The molecule has 2 heterocycles. The van der Waals surface area contributed by atoms with Gasteiger partial charge >= 0.3 is 0 Å². The van der Waals surface area contributed by atoms with E-state index in [0.29, 0.717) is 6.04 Å². The molecule has 0 saturated carbocycles. The molecule has 0 aromatic heterocycles. The second kappa shape index (κ2) is 3.16. The van der Waals surface area contributed by atoms with Crippen LogP contribution in [0, 0.1) is 0 Å². The normalized spacial score (nSPS) is 29.6. The molecule has 1 fully saturated rings. The lowest BCUT2D eigenvalue weighted by Gasteiger charge is -2.33. The summed E-state index contributed by atoms with van der Waals surface area (Å²) in [5.41, 5.74) is 1.39. The largest absolute Gasteiger partial charge is 0.362 e. The molecular formula is C13H15N. The number of nitrogens with zero attached hydrogens (tertiary/aromatic N) is 1. The zero-order valence-electron chi connectivity index (χ0n) is 8.26.